The number of benzene rings is 2. The Labute approximate surface area is 194 Å². The summed E-state index contributed by atoms with van der Waals surface area (Å²) in [5.74, 6) is 0. The zero-order chi connectivity index (χ0) is 22.6. The van der Waals surface area contributed by atoms with Crippen LogP contribution in [0.3, 0.4) is 0 Å². The molecule has 3 nitrogen and oxygen atoms in total. The third-order valence-electron chi connectivity index (χ3n) is 3.61. The molecule has 0 aliphatic heterocycles. The van der Waals surface area contributed by atoms with Crippen molar-refractivity contribution in [2.75, 3.05) is 0 Å². The van der Waals surface area contributed by atoms with Crippen molar-refractivity contribution in [1.82, 2.24) is 0 Å². The van der Waals surface area contributed by atoms with E-state index in [2.05, 4.69) is 70.3 Å². The van der Waals surface area contributed by atoms with Crippen molar-refractivity contribution >= 4 is 0 Å². The molecule has 2 rings (SSSR count). The van der Waals surface area contributed by atoms with E-state index in [0.29, 0.717) is 0 Å². The fourth-order valence-electron chi connectivity index (χ4n) is 2.08. The molecule has 0 saturated heterocycles. The van der Waals surface area contributed by atoms with E-state index in [9.17, 15) is 0 Å². The Balaban J connectivity index is -0.000000324. The van der Waals surface area contributed by atoms with Crippen LogP contribution in [-0.4, -0.2) is 5.11 Å². The van der Waals surface area contributed by atoms with Gasteiger partial charge in [-0.15, -0.1) is 0 Å². The van der Waals surface area contributed by atoms with Gasteiger partial charge in [0.05, 0.1) is 0 Å². The first-order valence-electron chi connectivity index (χ1n) is 9.71. The molecule has 2 aromatic carbocycles. The van der Waals surface area contributed by atoms with Gasteiger partial charge in [0.1, 0.15) is 0 Å². The van der Waals surface area contributed by atoms with E-state index in [4.69, 9.17) is 12.8 Å². The number of unbranched alkanes of at least 4 members (excludes halogenated alkanes) is 7. The Morgan fingerprint density at radius 1 is 0.862 bits per heavy atom. The topological polar surface area (TPSA) is 54.4 Å². The van der Waals surface area contributed by atoms with E-state index in [1.807, 2.05) is 24.3 Å². The van der Waals surface area contributed by atoms with Gasteiger partial charge in [0.25, 0.3) is 0 Å². The molecule has 1 N–H and O–H groups in total. The number of aryl methyl sites for hydroxylation is 1. The molecule has 0 fully saturated rings. The van der Waals surface area contributed by atoms with Crippen LogP contribution in [0.25, 0.3) is 0 Å². The van der Waals surface area contributed by atoms with Crippen molar-refractivity contribution in [2.45, 2.75) is 71.8 Å². The van der Waals surface area contributed by atoms with E-state index >= 15 is 0 Å². The third kappa shape index (κ3) is 29.3. The minimum absolute atomic E-state index is 0.0529. The first kappa shape index (κ1) is 32.7. The van der Waals surface area contributed by atoms with Crippen LogP contribution in [0.15, 0.2) is 42.5 Å². The second kappa shape index (κ2) is 31.7. The Bertz CT molecular complexity index is 500. The van der Waals surface area contributed by atoms with Gasteiger partial charge in [-0.3, -0.25) is 18.2 Å². The predicted octanol–water partition coefficient (Wildman–Crippen LogP) is 6.29. The van der Waals surface area contributed by atoms with Crippen molar-refractivity contribution in [3.8, 4) is 0 Å². The van der Waals surface area contributed by atoms with Crippen molar-refractivity contribution in [3.63, 3.8) is 0 Å². The van der Waals surface area contributed by atoms with Crippen LogP contribution in [0.4, 0.5) is 0 Å². The minimum atomic E-state index is 0.0529. The van der Waals surface area contributed by atoms with Crippen LogP contribution >= 0.6 is 0 Å². The third-order valence-corrected chi connectivity index (χ3v) is 3.61. The molecule has 170 valence electrons. The summed E-state index contributed by atoms with van der Waals surface area (Å²) in [6, 6.07) is 21.7. The monoisotopic (exact) mass is 488 g/mol. The maximum atomic E-state index is 8.49. The van der Waals surface area contributed by atoms with E-state index in [-0.39, 0.29) is 6.61 Å². The Morgan fingerprint density at radius 2 is 1.41 bits per heavy atom. The molecule has 0 amide bonds. The summed E-state index contributed by atoms with van der Waals surface area (Å²) in [4.78, 5) is 0. The van der Waals surface area contributed by atoms with Gasteiger partial charge in [-0.25, -0.2) is 5.56 Å². The Morgan fingerprint density at radius 3 is 1.76 bits per heavy atom. The van der Waals surface area contributed by atoms with Crippen LogP contribution in [0.5, 0.6) is 0 Å². The van der Waals surface area contributed by atoms with Crippen LogP contribution in [0, 0.1) is 32.0 Å². The average Bonchev–Trinajstić information content (AvgIpc) is 2.81. The van der Waals surface area contributed by atoms with Gasteiger partial charge >= 0.3 is 39.1 Å². The van der Waals surface area contributed by atoms with E-state index < -0.39 is 0 Å². The molecule has 0 radical (unpaired) electrons. The molecule has 0 bridgehead atoms. The number of hydrogen-bond acceptors (Lipinski definition) is 3. The van der Waals surface area contributed by atoms with Crippen molar-refractivity contribution in [2.24, 2.45) is 0 Å². The second-order valence-electron chi connectivity index (χ2n) is 6.02. The van der Waals surface area contributed by atoms with Gasteiger partial charge in [-0.1, -0.05) is 58.8 Å². The first-order chi connectivity index (χ1) is 14.2. The zero-order valence-corrected chi connectivity index (χ0v) is 19.6. The number of rotatable bonds is 8. The molecule has 0 heterocycles. The maximum absolute atomic E-state index is 8.49. The fraction of sp³-hybridized carbons (Fsp3) is 0.458. The molecule has 0 aliphatic rings. The van der Waals surface area contributed by atoms with Gasteiger partial charge < -0.3 is 24.2 Å². The first-order valence-corrected chi connectivity index (χ1v) is 10.6. The molecule has 5 heteroatoms. The van der Waals surface area contributed by atoms with Crippen LogP contribution in [0.2, 0.25) is 0 Å². The van der Waals surface area contributed by atoms with Gasteiger partial charge in [0, 0.05) is 6.61 Å². The van der Waals surface area contributed by atoms with Gasteiger partial charge in [-0.05, 0) is 0 Å². The summed E-state index contributed by atoms with van der Waals surface area (Å²) in [5.41, 5.74) is 2.08. The zero-order valence-electron chi connectivity index (χ0n) is 17.5. The molecule has 0 saturated carbocycles. The molecular weight excluding hydrogens is 454 g/mol. The fourth-order valence-corrected chi connectivity index (χ4v) is 2.08. The van der Waals surface area contributed by atoms with Crippen LogP contribution in [-0.2, 0) is 45.7 Å². The van der Waals surface area contributed by atoms with Gasteiger partial charge in [0.15, 0.2) is 0 Å². The molecule has 29 heavy (non-hydrogen) atoms. The van der Waals surface area contributed by atoms with Gasteiger partial charge in [-0.2, -0.15) is 42.3 Å². The standard InChI is InChI=1S/C10H21.C7H6O.C7H7.2Co.2O/c1-3-5-7-9-10-8-6-4-2;8-6-7-4-2-1-3-5-7;1-7-5-3-2-4-6-7;;;;/h1,3-10H2,2H3;1-2,5,8H,6H2;3-6H,1H3;;;;/q-1;-2;-1;;;;. The number of hydrogen-bond donors (Lipinski definition) is 1. The number of aliphatic hydroxyl groups is 1. The SMILES string of the molecule is Cc1cc[c-]cc1.OCc1[c-]cc[c-]c1.[CH2-]CCCCCCCCC.[O]=[Co].[O]=[Co]. The Kier molecular flexibility index (Phi) is 35.7. The van der Waals surface area contributed by atoms with E-state index in [0.717, 1.165) is 12.0 Å². The van der Waals surface area contributed by atoms with Crippen molar-refractivity contribution in [1.29, 1.82) is 0 Å². The average molecular weight is 488 g/mol. The molecule has 0 aromatic heterocycles. The summed E-state index contributed by atoms with van der Waals surface area (Å²) < 4.78 is 15.9. The summed E-state index contributed by atoms with van der Waals surface area (Å²) >= 11 is 4.62. The van der Waals surface area contributed by atoms with Crippen molar-refractivity contribution < 1.29 is 44.2 Å². The molecule has 2 aromatic rings. The quantitative estimate of drug-likeness (QED) is 0.351. The molecule has 0 unspecified atom stereocenters. The predicted molar refractivity (Wildman–Crippen MR) is 109 cm³/mol. The van der Waals surface area contributed by atoms with E-state index in [1.54, 1.807) is 18.2 Å². The summed E-state index contributed by atoms with van der Waals surface area (Å²) in [6.45, 7) is 8.20. The van der Waals surface area contributed by atoms with Crippen molar-refractivity contribution in [3.05, 3.63) is 78.7 Å². The Hall–Kier alpha value is -0.987. The van der Waals surface area contributed by atoms with Crippen LogP contribution < -0.4 is 0 Å². The van der Waals surface area contributed by atoms with E-state index in [1.165, 1.54) is 50.5 Å². The number of aliphatic hydroxyl groups excluding tert-OH is 1. The normalized spacial score (nSPS) is 8.48. The summed E-state index contributed by atoms with van der Waals surface area (Å²) in [7, 11) is 0. The molecule has 0 atom stereocenters. The molecular formula is C24H34Co2O3-4. The summed E-state index contributed by atoms with van der Waals surface area (Å²) in [6.07, 6.45) is 10.9. The second-order valence-corrected chi connectivity index (χ2v) is 6.02. The van der Waals surface area contributed by atoms with Gasteiger partial charge in [0.2, 0.25) is 0 Å². The summed E-state index contributed by atoms with van der Waals surface area (Å²) in [5, 5.41) is 8.49. The molecule has 0 spiro atoms. The molecule has 0 aliphatic carbocycles. The van der Waals surface area contributed by atoms with Crippen LogP contribution in [0.1, 0.15) is 69.4 Å².